The van der Waals surface area contributed by atoms with E-state index in [0.29, 0.717) is 6.04 Å². The molecular weight excluding hydrogens is 110 g/mol. The maximum atomic E-state index is 3.61. The van der Waals surface area contributed by atoms with Crippen LogP contribution in [-0.2, 0) is 0 Å². The Bertz CT molecular complexity index is 50.5. The lowest BCUT2D eigenvalue weighted by atomic mass is 10.2. The lowest BCUT2D eigenvalue weighted by Gasteiger charge is -2.03. The van der Waals surface area contributed by atoms with Gasteiger partial charge >= 0.3 is 0 Å². The van der Waals surface area contributed by atoms with E-state index in [1.807, 2.05) is 27.0 Å². The topological polar surface area (TPSA) is 12.0 Å². The Labute approximate surface area is 59.2 Å². The van der Waals surface area contributed by atoms with Crippen molar-refractivity contribution in [3.05, 3.63) is 12.7 Å². The first-order valence-electron chi connectivity index (χ1n) is 3.59. The van der Waals surface area contributed by atoms with Gasteiger partial charge in [0.05, 0.1) is 0 Å². The van der Waals surface area contributed by atoms with Crippen molar-refractivity contribution in [2.75, 3.05) is 7.05 Å². The summed E-state index contributed by atoms with van der Waals surface area (Å²) >= 11 is 0. The van der Waals surface area contributed by atoms with Crippen LogP contribution in [0, 0.1) is 0 Å². The van der Waals surface area contributed by atoms with Crippen molar-refractivity contribution < 1.29 is 0 Å². The van der Waals surface area contributed by atoms with Gasteiger partial charge in [0.1, 0.15) is 0 Å². The highest BCUT2D eigenvalue weighted by atomic mass is 14.8. The van der Waals surface area contributed by atoms with Gasteiger partial charge in [-0.05, 0) is 20.4 Å². The summed E-state index contributed by atoms with van der Waals surface area (Å²) in [6, 6.07) is 0.581. The molecule has 0 aromatic heterocycles. The third-order valence-electron chi connectivity index (χ3n) is 1.01. The van der Waals surface area contributed by atoms with Crippen molar-refractivity contribution in [3.8, 4) is 0 Å². The van der Waals surface area contributed by atoms with Crippen molar-refractivity contribution >= 4 is 0 Å². The molecular formula is C8H19N. The Morgan fingerprint density at radius 2 is 2.00 bits per heavy atom. The molecule has 1 atom stereocenters. The molecule has 0 spiro atoms. The fraction of sp³-hybridized carbons (Fsp3) is 0.750. The average molecular weight is 129 g/mol. The minimum Gasteiger partial charge on any atom is -0.317 e. The first kappa shape index (κ1) is 11.5. The predicted molar refractivity (Wildman–Crippen MR) is 44.7 cm³/mol. The van der Waals surface area contributed by atoms with Crippen LogP contribution in [0.5, 0.6) is 0 Å². The largest absolute Gasteiger partial charge is 0.317 e. The molecule has 0 radical (unpaired) electrons. The van der Waals surface area contributed by atoms with Crippen LogP contribution in [0.15, 0.2) is 12.7 Å². The highest BCUT2D eigenvalue weighted by Gasteiger charge is 1.88. The molecule has 0 aliphatic rings. The monoisotopic (exact) mass is 129 g/mol. The average Bonchev–Trinajstić information content (AvgIpc) is 1.93. The Hall–Kier alpha value is -0.300. The first-order chi connectivity index (χ1) is 4.31. The van der Waals surface area contributed by atoms with Crippen LogP contribution in [0.2, 0.25) is 0 Å². The molecule has 1 heteroatoms. The summed E-state index contributed by atoms with van der Waals surface area (Å²) < 4.78 is 0. The summed E-state index contributed by atoms with van der Waals surface area (Å²) in [4.78, 5) is 0. The summed E-state index contributed by atoms with van der Waals surface area (Å²) in [6.45, 7) is 9.74. The van der Waals surface area contributed by atoms with Crippen molar-refractivity contribution in [3.63, 3.8) is 0 Å². The maximum absolute atomic E-state index is 3.61. The van der Waals surface area contributed by atoms with Crippen LogP contribution in [0.3, 0.4) is 0 Å². The Morgan fingerprint density at radius 3 is 2.11 bits per heavy atom. The molecule has 1 nitrogen and oxygen atoms in total. The smallest absolute Gasteiger partial charge is 0.00701 e. The zero-order valence-corrected chi connectivity index (χ0v) is 7.07. The van der Waals surface area contributed by atoms with E-state index in [1.54, 1.807) is 0 Å². The molecule has 0 rings (SSSR count). The Kier molecular flexibility index (Phi) is 13.6. The van der Waals surface area contributed by atoms with Gasteiger partial charge in [0.2, 0.25) is 0 Å². The van der Waals surface area contributed by atoms with Gasteiger partial charge in [-0.1, -0.05) is 19.9 Å². The van der Waals surface area contributed by atoms with Gasteiger partial charge in [0.15, 0.2) is 0 Å². The molecule has 0 fully saturated rings. The van der Waals surface area contributed by atoms with E-state index in [4.69, 9.17) is 0 Å². The number of hydrogen-bond donors (Lipinski definition) is 1. The molecule has 0 bridgehead atoms. The summed E-state index contributed by atoms with van der Waals surface area (Å²) in [5.41, 5.74) is 0. The number of rotatable bonds is 3. The quantitative estimate of drug-likeness (QED) is 0.576. The second kappa shape index (κ2) is 10.6. The number of hydrogen-bond acceptors (Lipinski definition) is 1. The van der Waals surface area contributed by atoms with Gasteiger partial charge in [-0.25, -0.2) is 0 Å². The highest BCUT2D eigenvalue weighted by Crippen LogP contribution is 1.86. The lowest BCUT2D eigenvalue weighted by Crippen LogP contribution is -2.19. The van der Waals surface area contributed by atoms with E-state index < -0.39 is 0 Å². The molecule has 9 heavy (non-hydrogen) atoms. The summed E-state index contributed by atoms with van der Waals surface area (Å²) in [5, 5.41) is 3.09. The van der Waals surface area contributed by atoms with Gasteiger partial charge in [-0.2, -0.15) is 0 Å². The van der Waals surface area contributed by atoms with Gasteiger partial charge < -0.3 is 5.32 Å². The van der Waals surface area contributed by atoms with E-state index >= 15 is 0 Å². The molecule has 0 aliphatic carbocycles. The highest BCUT2D eigenvalue weighted by molar-refractivity contribution is 4.72. The molecule has 0 aromatic rings. The lowest BCUT2D eigenvalue weighted by molar-refractivity contribution is 0.620. The van der Waals surface area contributed by atoms with E-state index in [-0.39, 0.29) is 0 Å². The maximum Gasteiger partial charge on any atom is 0.00701 e. The second-order valence-corrected chi connectivity index (χ2v) is 1.71. The Balaban J connectivity index is 0. The summed E-state index contributed by atoms with van der Waals surface area (Å²) in [5.74, 6) is 0. The number of nitrogens with one attached hydrogen (secondary N) is 1. The minimum atomic E-state index is 0.581. The summed E-state index contributed by atoms with van der Waals surface area (Å²) in [7, 11) is 1.95. The third kappa shape index (κ3) is 11.3. The van der Waals surface area contributed by atoms with E-state index in [9.17, 15) is 0 Å². The SMILES string of the molecule is C=CCC(C)NC.CC. The van der Waals surface area contributed by atoms with Crippen LogP contribution in [0.25, 0.3) is 0 Å². The van der Waals surface area contributed by atoms with E-state index in [1.165, 1.54) is 0 Å². The molecule has 1 unspecified atom stereocenters. The van der Waals surface area contributed by atoms with E-state index in [2.05, 4.69) is 18.8 Å². The molecule has 0 heterocycles. The van der Waals surface area contributed by atoms with Crippen LogP contribution >= 0.6 is 0 Å². The fourth-order valence-electron chi connectivity index (χ4n) is 0.368. The molecule has 0 amide bonds. The zero-order valence-electron chi connectivity index (χ0n) is 7.07. The van der Waals surface area contributed by atoms with Crippen molar-refractivity contribution in [2.24, 2.45) is 0 Å². The van der Waals surface area contributed by atoms with Crippen molar-refractivity contribution in [2.45, 2.75) is 33.2 Å². The van der Waals surface area contributed by atoms with Crippen LogP contribution in [-0.4, -0.2) is 13.1 Å². The first-order valence-corrected chi connectivity index (χ1v) is 3.59. The molecule has 0 saturated heterocycles. The summed E-state index contributed by atoms with van der Waals surface area (Å²) in [6.07, 6.45) is 2.97. The molecule has 0 aromatic carbocycles. The normalized spacial score (nSPS) is 11.1. The molecule has 0 saturated carbocycles. The van der Waals surface area contributed by atoms with Crippen molar-refractivity contribution in [1.82, 2.24) is 5.32 Å². The fourth-order valence-corrected chi connectivity index (χ4v) is 0.368. The van der Waals surface area contributed by atoms with Crippen molar-refractivity contribution in [1.29, 1.82) is 0 Å². The Morgan fingerprint density at radius 1 is 1.56 bits per heavy atom. The second-order valence-electron chi connectivity index (χ2n) is 1.71. The van der Waals surface area contributed by atoms with Gasteiger partial charge in [0, 0.05) is 6.04 Å². The van der Waals surface area contributed by atoms with Gasteiger partial charge in [-0.3, -0.25) is 0 Å². The standard InChI is InChI=1S/C6H13N.C2H6/c1-4-5-6(2)7-3;1-2/h4,6-7H,1,5H2,2-3H3;1-2H3. The van der Waals surface area contributed by atoms with Crippen LogP contribution in [0.4, 0.5) is 0 Å². The zero-order chi connectivity index (χ0) is 7.70. The molecule has 1 N–H and O–H groups in total. The van der Waals surface area contributed by atoms with Crippen LogP contribution in [0.1, 0.15) is 27.2 Å². The molecule has 0 aliphatic heterocycles. The van der Waals surface area contributed by atoms with Gasteiger partial charge in [0.25, 0.3) is 0 Å². The van der Waals surface area contributed by atoms with Crippen LogP contribution < -0.4 is 5.32 Å². The minimum absolute atomic E-state index is 0.581. The predicted octanol–water partition coefficient (Wildman–Crippen LogP) is 2.20. The van der Waals surface area contributed by atoms with E-state index in [0.717, 1.165) is 6.42 Å². The third-order valence-corrected chi connectivity index (χ3v) is 1.01. The van der Waals surface area contributed by atoms with Gasteiger partial charge in [-0.15, -0.1) is 6.58 Å². The molecule has 56 valence electrons.